The smallest absolute Gasteiger partial charge is 0.0246 e. The van der Waals surface area contributed by atoms with Crippen LogP contribution in [0, 0.1) is 11.8 Å². The largest absolute Gasteiger partial charge is 0.318 e. The molecule has 2 nitrogen and oxygen atoms in total. The summed E-state index contributed by atoms with van der Waals surface area (Å²) in [5.74, 6) is 1.51. The number of rotatable bonds is 7. The van der Waals surface area contributed by atoms with Gasteiger partial charge in [-0.25, -0.2) is 0 Å². The van der Waals surface area contributed by atoms with Crippen LogP contribution >= 0.6 is 0 Å². The van der Waals surface area contributed by atoms with Crippen LogP contribution in [0.5, 0.6) is 0 Å². The fourth-order valence-electron chi connectivity index (χ4n) is 3.16. The molecule has 2 heteroatoms. The highest BCUT2D eigenvalue weighted by atomic mass is 15.2. The second-order valence-corrected chi connectivity index (χ2v) is 6.40. The molecule has 0 spiro atoms. The molecule has 0 saturated heterocycles. The quantitative estimate of drug-likeness (QED) is 0.735. The highest BCUT2D eigenvalue weighted by molar-refractivity contribution is 4.86. The Morgan fingerprint density at radius 2 is 1.71 bits per heavy atom. The van der Waals surface area contributed by atoms with Crippen molar-refractivity contribution in [2.45, 2.75) is 65.5 Å². The summed E-state index contributed by atoms with van der Waals surface area (Å²) in [6, 6.07) is 1.55. The van der Waals surface area contributed by atoms with Gasteiger partial charge in [0, 0.05) is 25.2 Å². The lowest BCUT2D eigenvalue weighted by Gasteiger charge is -2.40. The van der Waals surface area contributed by atoms with Crippen LogP contribution in [0.3, 0.4) is 0 Å². The van der Waals surface area contributed by atoms with E-state index in [4.69, 9.17) is 0 Å². The van der Waals surface area contributed by atoms with E-state index >= 15 is 0 Å². The van der Waals surface area contributed by atoms with E-state index in [1.165, 1.54) is 32.2 Å². The predicted octanol–water partition coefficient (Wildman–Crippen LogP) is 3.13. The molecule has 1 atom stereocenters. The molecule has 1 fully saturated rings. The lowest BCUT2D eigenvalue weighted by molar-refractivity contribution is 0.0889. The molecule has 1 saturated carbocycles. The fourth-order valence-corrected chi connectivity index (χ4v) is 3.16. The van der Waals surface area contributed by atoms with E-state index in [0.29, 0.717) is 6.04 Å². The van der Waals surface area contributed by atoms with Crippen LogP contribution in [-0.4, -0.2) is 37.1 Å². The molecule has 102 valence electrons. The van der Waals surface area contributed by atoms with Gasteiger partial charge in [0.1, 0.15) is 0 Å². The van der Waals surface area contributed by atoms with Crippen molar-refractivity contribution >= 4 is 0 Å². The summed E-state index contributed by atoms with van der Waals surface area (Å²) >= 11 is 0. The lowest BCUT2D eigenvalue weighted by atomic mass is 9.98. The van der Waals surface area contributed by atoms with Gasteiger partial charge in [0.2, 0.25) is 0 Å². The zero-order chi connectivity index (χ0) is 12.8. The van der Waals surface area contributed by atoms with Gasteiger partial charge in [-0.05, 0) is 31.7 Å². The number of nitrogens with zero attached hydrogens (tertiary/aromatic N) is 1. The summed E-state index contributed by atoms with van der Waals surface area (Å²) in [6.07, 6.45) is 5.70. The molecule has 0 aromatic rings. The summed E-state index contributed by atoms with van der Waals surface area (Å²) in [5.41, 5.74) is 0. The van der Waals surface area contributed by atoms with Crippen molar-refractivity contribution < 1.29 is 0 Å². The first kappa shape index (κ1) is 15.0. The third kappa shape index (κ3) is 4.59. The molecule has 1 aliphatic carbocycles. The third-order valence-corrected chi connectivity index (χ3v) is 3.98. The Balaban J connectivity index is 2.70. The molecular formula is C15H32N2. The van der Waals surface area contributed by atoms with Gasteiger partial charge in [-0.2, -0.15) is 0 Å². The van der Waals surface area contributed by atoms with E-state index in [0.717, 1.165) is 24.4 Å². The lowest BCUT2D eigenvalue weighted by Crippen LogP contribution is -2.50. The molecule has 0 heterocycles. The molecule has 0 radical (unpaired) electrons. The third-order valence-electron chi connectivity index (χ3n) is 3.98. The van der Waals surface area contributed by atoms with Crippen molar-refractivity contribution in [3.63, 3.8) is 0 Å². The highest BCUT2D eigenvalue weighted by Gasteiger charge is 2.30. The molecule has 0 aromatic heterocycles. The van der Waals surface area contributed by atoms with Crippen molar-refractivity contribution in [2.24, 2.45) is 11.8 Å². The maximum absolute atomic E-state index is 3.38. The van der Waals surface area contributed by atoms with Gasteiger partial charge < -0.3 is 5.32 Å². The SMILES string of the molecule is CNCC(C(C)C)N(CC(C)C)C1CCCC1. The second kappa shape index (κ2) is 7.38. The van der Waals surface area contributed by atoms with E-state index in [9.17, 15) is 0 Å². The molecular weight excluding hydrogens is 208 g/mol. The maximum Gasteiger partial charge on any atom is 0.0246 e. The Bertz CT molecular complexity index is 195. The minimum Gasteiger partial charge on any atom is -0.318 e. The minimum atomic E-state index is 0.700. The number of hydrogen-bond acceptors (Lipinski definition) is 2. The summed E-state index contributed by atoms with van der Waals surface area (Å²) in [7, 11) is 2.08. The predicted molar refractivity (Wildman–Crippen MR) is 76.4 cm³/mol. The zero-order valence-corrected chi connectivity index (χ0v) is 12.5. The standard InChI is InChI=1S/C15H32N2/c1-12(2)11-17(14-8-6-7-9-14)15(10-16-5)13(3)4/h12-16H,6-11H2,1-5H3. The normalized spacial score (nSPS) is 19.8. The van der Waals surface area contributed by atoms with E-state index in [2.05, 4.69) is 45.0 Å². The Morgan fingerprint density at radius 3 is 2.12 bits per heavy atom. The summed E-state index contributed by atoms with van der Waals surface area (Å²) in [6.45, 7) is 11.8. The average Bonchev–Trinajstić information content (AvgIpc) is 2.75. The van der Waals surface area contributed by atoms with Gasteiger partial charge in [-0.15, -0.1) is 0 Å². The maximum atomic E-state index is 3.38. The van der Waals surface area contributed by atoms with E-state index < -0.39 is 0 Å². The summed E-state index contributed by atoms with van der Waals surface area (Å²) < 4.78 is 0. The van der Waals surface area contributed by atoms with Crippen LogP contribution in [-0.2, 0) is 0 Å². The molecule has 0 bridgehead atoms. The molecule has 0 aliphatic heterocycles. The van der Waals surface area contributed by atoms with Crippen molar-refractivity contribution in [2.75, 3.05) is 20.1 Å². The van der Waals surface area contributed by atoms with Gasteiger partial charge in [0.25, 0.3) is 0 Å². The van der Waals surface area contributed by atoms with Crippen molar-refractivity contribution in [3.8, 4) is 0 Å². The molecule has 0 amide bonds. The Labute approximate surface area is 108 Å². The van der Waals surface area contributed by atoms with Crippen LogP contribution in [0.15, 0.2) is 0 Å². The second-order valence-electron chi connectivity index (χ2n) is 6.40. The average molecular weight is 240 g/mol. The number of hydrogen-bond donors (Lipinski definition) is 1. The van der Waals surface area contributed by atoms with E-state index in [1.807, 2.05) is 0 Å². The molecule has 1 N–H and O–H groups in total. The van der Waals surface area contributed by atoms with Crippen LogP contribution in [0.1, 0.15) is 53.4 Å². The molecule has 1 aliphatic rings. The van der Waals surface area contributed by atoms with Crippen LogP contribution in [0.2, 0.25) is 0 Å². The van der Waals surface area contributed by atoms with Crippen LogP contribution < -0.4 is 5.32 Å². The molecule has 17 heavy (non-hydrogen) atoms. The first-order chi connectivity index (χ1) is 8.06. The van der Waals surface area contributed by atoms with E-state index in [-0.39, 0.29) is 0 Å². The van der Waals surface area contributed by atoms with Gasteiger partial charge in [0.15, 0.2) is 0 Å². The van der Waals surface area contributed by atoms with Crippen molar-refractivity contribution in [1.82, 2.24) is 10.2 Å². The van der Waals surface area contributed by atoms with Gasteiger partial charge in [-0.1, -0.05) is 40.5 Å². The van der Waals surface area contributed by atoms with Crippen LogP contribution in [0.25, 0.3) is 0 Å². The Hall–Kier alpha value is -0.0800. The minimum absolute atomic E-state index is 0.700. The van der Waals surface area contributed by atoms with Crippen molar-refractivity contribution in [1.29, 1.82) is 0 Å². The molecule has 1 rings (SSSR count). The number of likely N-dealkylation sites (N-methyl/N-ethyl adjacent to an activating group) is 1. The summed E-state index contributed by atoms with van der Waals surface area (Å²) in [4.78, 5) is 2.80. The first-order valence-corrected chi connectivity index (χ1v) is 7.46. The molecule has 0 aromatic carbocycles. The zero-order valence-electron chi connectivity index (χ0n) is 12.5. The van der Waals surface area contributed by atoms with Gasteiger partial charge in [0.05, 0.1) is 0 Å². The Kier molecular flexibility index (Phi) is 6.50. The molecule has 1 unspecified atom stereocenters. The topological polar surface area (TPSA) is 15.3 Å². The number of nitrogens with one attached hydrogen (secondary N) is 1. The van der Waals surface area contributed by atoms with Gasteiger partial charge >= 0.3 is 0 Å². The first-order valence-electron chi connectivity index (χ1n) is 7.46. The van der Waals surface area contributed by atoms with Gasteiger partial charge in [-0.3, -0.25) is 4.90 Å². The van der Waals surface area contributed by atoms with Crippen molar-refractivity contribution in [3.05, 3.63) is 0 Å². The summed E-state index contributed by atoms with van der Waals surface area (Å²) in [5, 5.41) is 3.38. The highest BCUT2D eigenvalue weighted by Crippen LogP contribution is 2.27. The fraction of sp³-hybridized carbons (Fsp3) is 1.00. The van der Waals surface area contributed by atoms with E-state index in [1.54, 1.807) is 0 Å². The monoisotopic (exact) mass is 240 g/mol. The van der Waals surface area contributed by atoms with Crippen LogP contribution in [0.4, 0.5) is 0 Å². The Morgan fingerprint density at radius 1 is 1.12 bits per heavy atom.